The van der Waals surface area contributed by atoms with Crippen LogP contribution >= 0.6 is 0 Å². The molecule has 8 heteroatoms. The lowest BCUT2D eigenvalue weighted by molar-refractivity contribution is -0.138. The first-order chi connectivity index (χ1) is 10.9. The summed E-state index contributed by atoms with van der Waals surface area (Å²) in [6.45, 7) is 1.14. The van der Waals surface area contributed by atoms with Crippen molar-refractivity contribution in [2.75, 3.05) is 5.43 Å². The number of carbonyl (C=O) groups excluding carboxylic acids is 1. The van der Waals surface area contributed by atoms with Crippen LogP contribution in [-0.4, -0.2) is 10.9 Å². The van der Waals surface area contributed by atoms with E-state index in [0.29, 0.717) is 0 Å². The first-order valence-electron chi connectivity index (χ1n) is 6.63. The number of rotatable bonds is 5. The maximum Gasteiger partial charge on any atom is 0.423 e. The van der Waals surface area contributed by atoms with Crippen molar-refractivity contribution < 1.29 is 22.7 Å². The molecule has 0 atom stereocenters. The lowest BCUT2D eigenvalue weighted by Gasteiger charge is -2.17. The number of nitrogens with zero attached hydrogens (tertiary/aromatic N) is 1. The number of amides is 1. The molecular formula is C15H14F3N3O2. The summed E-state index contributed by atoms with van der Waals surface area (Å²) in [5.41, 5.74) is 3.87. The summed E-state index contributed by atoms with van der Waals surface area (Å²) >= 11 is 0. The molecule has 0 saturated heterocycles. The van der Waals surface area contributed by atoms with Gasteiger partial charge in [0.1, 0.15) is 17.9 Å². The van der Waals surface area contributed by atoms with Crippen molar-refractivity contribution in [3.8, 4) is 5.75 Å². The molecule has 0 saturated carbocycles. The summed E-state index contributed by atoms with van der Waals surface area (Å²) in [4.78, 5) is 14.5. The standard InChI is InChI=1S/C15H14F3N3O2/c1-10(22)20-21-14-13(15(16,17)18)12(7-8-19-14)23-9-11-5-3-2-4-6-11/h2-8H,9H2,1H3,(H,19,21)(H,20,22). The molecule has 1 aromatic carbocycles. The minimum Gasteiger partial charge on any atom is -0.488 e. The summed E-state index contributed by atoms with van der Waals surface area (Å²) in [5, 5.41) is 0. The van der Waals surface area contributed by atoms with E-state index < -0.39 is 23.5 Å². The monoisotopic (exact) mass is 325 g/mol. The fourth-order valence-electron chi connectivity index (χ4n) is 1.82. The highest BCUT2D eigenvalue weighted by molar-refractivity contribution is 5.74. The number of hydrogen-bond donors (Lipinski definition) is 2. The number of halogens is 3. The Morgan fingerprint density at radius 3 is 2.52 bits per heavy atom. The van der Waals surface area contributed by atoms with E-state index in [4.69, 9.17) is 4.74 Å². The third kappa shape index (κ3) is 4.60. The number of anilines is 1. The number of pyridine rings is 1. The summed E-state index contributed by atoms with van der Waals surface area (Å²) < 4.78 is 45.1. The number of alkyl halides is 3. The second-order valence-corrected chi connectivity index (χ2v) is 4.61. The van der Waals surface area contributed by atoms with Crippen molar-refractivity contribution in [3.05, 3.63) is 53.7 Å². The molecule has 1 heterocycles. The molecule has 0 unspecified atom stereocenters. The summed E-state index contributed by atoms with van der Waals surface area (Å²) in [5.74, 6) is -1.45. The van der Waals surface area contributed by atoms with E-state index in [-0.39, 0.29) is 12.4 Å². The summed E-state index contributed by atoms with van der Waals surface area (Å²) in [7, 11) is 0. The Morgan fingerprint density at radius 1 is 1.22 bits per heavy atom. The molecule has 2 rings (SSSR count). The van der Waals surface area contributed by atoms with Crippen molar-refractivity contribution in [1.82, 2.24) is 10.4 Å². The largest absolute Gasteiger partial charge is 0.488 e. The van der Waals surface area contributed by atoms with Crippen LogP contribution in [0.25, 0.3) is 0 Å². The molecule has 1 aromatic heterocycles. The van der Waals surface area contributed by atoms with Crippen LogP contribution in [0.3, 0.4) is 0 Å². The molecule has 23 heavy (non-hydrogen) atoms. The second-order valence-electron chi connectivity index (χ2n) is 4.61. The quantitative estimate of drug-likeness (QED) is 0.829. The number of carbonyl (C=O) groups is 1. The molecule has 0 aliphatic carbocycles. The van der Waals surface area contributed by atoms with Gasteiger partial charge in [0, 0.05) is 13.1 Å². The van der Waals surface area contributed by atoms with E-state index in [1.807, 2.05) is 0 Å². The highest BCUT2D eigenvalue weighted by Crippen LogP contribution is 2.40. The van der Waals surface area contributed by atoms with Crippen LogP contribution in [0.2, 0.25) is 0 Å². The fraction of sp³-hybridized carbons (Fsp3) is 0.200. The van der Waals surface area contributed by atoms with Crippen LogP contribution in [-0.2, 0) is 17.6 Å². The van der Waals surface area contributed by atoms with Crippen molar-refractivity contribution in [1.29, 1.82) is 0 Å². The zero-order valence-corrected chi connectivity index (χ0v) is 12.1. The van der Waals surface area contributed by atoms with Crippen LogP contribution < -0.4 is 15.6 Å². The zero-order valence-electron chi connectivity index (χ0n) is 12.1. The molecule has 2 aromatic rings. The minimum atomic E-state index is -4.69. The van der Waals surface area contributed by atoms with Crippen LogP contribution in [0.4, 0.5) is 19.0 Å². The van der Waals surface area contributed by atoms with Crippen LogP contribution in [0.5, 0.6) is 5.75 Å². The van der Waals surface area contributed by atoms with Gasteiger partial charge in [-0.3, -0.25) is 15.6 Å². The lowest BCUT2D eigenvalue weighted by Crippen LogP contribution is -2.29. The summed E-state index contributed by atoms with van der Waals surface area (Å²) in [6, 6.07) is 9.94. The number of hydrazine groups is 1. The number of aromatic nitrogens is 1. The van der Waals surface area contributed by atoms with Gasteiger partial charge in [0.2, 0.25) is 5.91 Å². The molecule has 0 aliphatic rings. The molecule has 0 aliphatic heterocycles. The maximum atomic E-state index is 13.3. The predicted molar refractivity (Wildman–Crippen MR) is 77.5 cm³/mol. The van der Waals surface area contributed by atoms with Gasteiger partial charge < -0.3 is 4.74 Å². The summed E-state index contributed by atoms with van der Waals surface area (Å²) in [6.07, 6.45) is -3.53. The number of benzene rings is 1. The molecule has 0 bridgehead atoms. The Morgan fingerprint density at radius 2 is 1.91 bits per heavy atom. The van der Waals surface area contributed by atoms with Gasteiger partial charge in [0.25, 0.3) is 0 Å². The Labute approximate surface area is 130 Å². The Balaban J connectivity index is 2.27. The van der Waals surface area contributed by atoms with Crippen molar-refractivity contribution in [2.45, 2.75) is 19.7 Å². The van der Waals surface area contributed by atoms with E-state index in [2.05, 4.69) is 15.8 Å². The Hall–Kier alpha value is -2.77. The maximum absolute atomic E-state index is 13.3. The van der Waals surface area contributed by atoms with Gasteiger partial charge >= 0.3 is 6.18 Å². The van der Waals surface area contributed by atoms with E-state index in [1.54, 1.807) is 30.3 Å². The SMILES string of the molecule is CC(=O)NNc1nccc(OCc2ccccc2)c1C(F)(F)F. The van der Waals surface area contributed by atoms with Crippen LogP contribution in [0.1, 0.15) is 18.1 Å². The topological polar surface area (TPSA) is 63.2 Å². The van der Waals surface area contributed by atoms with Gasteiger partial charge in [-0.25, -0.2) is 4.98 Å². The van der Waals surface area contributed by atoms with Crippen molar-refractivity contribution >= 4 is 11.7 Å². The average Bonchev–Trinajstić information content (AvgIpc) is 2.50. The third-order valence-electron chi connectivity index (χ3n) is 2.79. The normalized spacial score (nSPS) is 11.0. The van der Waals surface area contributed by atoms with Gasteiger partial charge in [-0.05, 0) is 11.6 Å². The van der Waals surface area contributed by atoms with Gasteiger partial charge in [-0.15, -0.1) is 0 Å². The van der Waals surface area contributed by atoms with Crippen molar-refractivity contribution in [3.63, 3.8) is 0 Å². The predicted octanol–water partition coefficient (Wildman–Crippen LogP) is 3.14. The first-order valence-corrected chi connectivity index (χ1v) is 6.63. The van der Waals surface area contributed by atoms with E-state index in [0.717, 1.165) is 18.6 Å². The van der Waals surface area contributed by atoms with E-state index in [1.165, 1.54) is 6.20 Å². The van der Waals surface area contributed by atoms with Gasteiger partial charge in [0.15, 0.2) is 5.82 Å². The van der Waals surface area contributed by atoms with Crippen LogP contribution in [0, 0.1) is 0 Å². The van der Waals surface area contributed by atoms with E-state index in [9.17, 15) is 18.0 Å². The van der Waals surface area contributed by atoms with Crippen LogP contribution in [0.15, 0.2) is 42.6 Å². The molecule has 2 N–H and O–H groups in total. The average molecular weight is 325 g/mol. The van der Waals surface area contributed by atoms with Crippen molar-refractivity contribution in [2.24, 2.45) is 0 Å². The third-order valence-corrected chi connectivity index (χ3v) is 2.79. The number of nitrogens with one attached hydrogen (secondary N) is 2. The smallest absolute Gasteiger partial charge is 0.423 e. The molecule has 5 nitrogen and oxygen atoms in total. The lowest BCUT2D eigenvalue weighted by atomic mass is 10.2. The Kier molecular flexibility index (Phi) is 5.05. The van der Waals surface area contributed by atoms with Gasteiger partial charge in [0.05, 0.1) is 0 Å². The van der Waals surface area contributed by atoms with Gasteiger partial charge in [-0.1, -0.05) is 30.3 Å². The molecule has 1 amide bonds. The highest BCUT2D eigenvalue weighted by atomic mass is 19.4. The fourth-order valence-corrected chi connectivity index (χ4v) is 1.82. The van der Waals surface area contributed by atoms with Gasteiger partial charge in [-0.2, -0.15) is 13.2 Å². The molecule has 122 valence electrons. The molecule has 0 fully saturated rings. The number of ether oxygens (including phenoxy) is 1. The van der Waals surface area contributed by atoms with E-state index >= 15 is 0 Å². The molecular weight excluding hydrogens is 311 g/mol. The number of hydrogen-bond acceptors (Lipinski definition) is 4. The zero-order chi connectivity index (χ0) is 16.9. The Bertz CT molecular complexity index is 675. The molecule has 0 radical (unpaired) electrons. The molecule has 0 spiro atoms. The second kappa shape index (κ2) is 6.99. The minimum absolute atomic E-state index is 0.0203. The first kappa shape index (κ1) is 16.6. The highest BCUT2D eigenvalue weighted by Gasteiger charge is 2.38.